The fourth-order valence-corrected chi connectivity index (χ4v) is 2.52. The molecular weight excluding hydrogens is 321 g/mol. The summed E-state index contributed by atoms with van der Waals surface area (Å²) in [6, 6.07) is 8.72. The van der Waals surface area contributed by atoms with Gasteiger partial charge in [0.15, 0.2) is 0 Å². The third-order valence-electron chi connectivity index (χ3n) is 3.15. The second kappa shape index (κ2) is 7.40. The predicted octanol–water partition coefficient (Wildman–Crippen LogP) is 4.24. The van der Waals surface area contributed by atoms with Crippen LogP contribution in [0.5, 0.6) is 5.75 Å². The summed E-state index contributed by atoms with van der Waals surface area (Å²) in [4.78, 5) is 12.1. The van der Waals surface area contributed by atoms with Crippen molar-refractivity contribution in [3.05, 3.63) is 50.7 Å². The van der Waals surface area contributed by atoms with Gasteiger partial charge >= 0.3 is 0 Å². The first-order chi connectivity index (χ1) is 10.6. The number of rotatable bonds is 4. The second-order valence-electron chi connectivity index (χ2n) is 4.47. The van der Waals surface area contributed by atoms with Crippen molar-refractivity contribution in [2.45, 2.75) is 20.4 Å². The van der Waals surface area contributed by atoms with E-state index in [9.17, 15) is 4.79 Å². The highest BCUT2D eigenvalue weighted by Gasteiger charge is 2.12. The van der Waals surface area contributed by atoms with Crippen LogP contribution in [0.25, 0.3) is 11.3 Å². The zero-order valence-electron chi connectivity index (χ0n) is 12.3. The second-order valence-corrected chi connectivity index (χ2v) is 5.29. The number of pyridine rings is 1. The highest BCUT2D eigenvalue weighted by atomic mass is 35.5. The summed E-state index contributed by atoms with van der Waals surface area (Å²) in [5.41, 5.74) is 1.25. The van der Waals surface area contributed by atoms with Gasteiger partial charge < -0.3 is 9.30 Å². The van der Waals surface area contributed by atoms with Crippen molar-refractivity contribution in [2.75, 3.05) is 6.61 Å². The van der Waals surface area contributed by atoms with Gasteiger partial charge in [-0.2, -0.15) is 0 Å². The molecule has 1 heterocycles. The standard InChI is InChI=1S/C17H15Cl2NO2/c1-3-5-10-22-12-6-7-13(15(19)11-12)16-9-8-14(18)17(21)20(16)4-2/h6-9,11H,4,10H2,1-2H3. The zero-order valence-corrected chi connectivity index (χ0v) is 13.8. The number of hydrogen-bond acceptors (Lipinski definition) is 2. The van der Waals surface area contributed by atoms with Crippen LogP contribution >= 0.6 is 23.2 Å². The lowest BCUT2D eigenvalue weighted by molar-refractivity contribution is 0.370. The SMILES string of the molecule is CC#CCOc1ccc(-c2ccc(Cl)c(=O)n2CC)c(Cl)c1. The van der Waals surface area contributed by atoms with Gasteiger partial charge in [0.2, 0.25) is 0 Å². The maximum absolute atomic E-state index is 12.1. The minimum Gasteiger partial charge on any atom is -0.481 e. The van der Waals surface area contributed by atoms with Gasteiger partial charge in [0.25, 0.3) is 5.56 Å². The Morgan fingerprint density at radius 3 is 2.59 bits per heavy atom. The van der Waals surface area contributed by atoms with Crippen LogP contribution in [-0.2, 0) is 6.54 Å². The van der Waals surface area contributed by atoms with Crippen molar-refractivity contribution < 1.29 is 4.74 Å². The maximum atomic E-state index is 12.1. The molecule has 0 fully saturated rings. The quantitative estimate of drug-likeness (QED) is 0.782. The lowest BCUT2D eigenvalue weighted by Crippen LogP contribution is -2.21. The smallest absolute Gasteiger partial charge is 0.269 e. The van der Waals surface area contributed by atoms with Gasteiger partial charge in [-0.05, 0) is 44.2 Å². The summed E-state index contributed by atoms with van der Waals surface area (Å²) >= 11 is 12.2. The molecule has 0 saturated carbocycles. The molecule has 2 rings (SSSR count). The summed E-state index contributed by atoms with van der Waals surface area (Å²) in [6.45, 7) is 4.46. The topological polar surface area (TPSA) is 31.2 Å². The van der Waals surface area contributed by atoms with Crippen molar-refractivity contribution in [2.24, 2.45) is 0 Å². The van der Waals surface area contributed by atoms with Crippen LogP contribution in [-0.4, -0.2) is 11.2 Å². The van der Waals surface area contributed by atoms with Crippen molar-refractivity contribution in [1.29, 1.82) is 0 Å². The van der Waals surface area contributed by atoms with Crippen molar-refractivity contribution >= 4 is 23.2 Å². The molecule has 0 atom stereocenters. The first-order valence-corrected chi connectivity index (χ1v) is 7.55. The highest BCUT2D eigenvalue weighted by Crippen LogP contribution is 2.31. The largest absolute Gasteiger partial charge is 0.481 e. The van der Waals surface area contributed by atoms with Crippen molar-refractivity contribution in [1.82, 2.24) is 4.57 Å². The average Bonchev–Trinajstić information content (AvgIpc) is 2.51. The number of aromatic nitrogens is 1. The Kier molecular flexibility index (Phi) is 5.54. The fourth-order valence-electron chi connectivity index (χ4n) is 2.09. The third-order valence-corrected chi connectivity index (χ3v) is 3.75. The molecule has 0 N–H and O–H groups in total. The number of hydrogen-bond donors (Lipinski definition) is 0. The Morgan fingerprint density at radius 1 is 1.18 bits per heavy atom. The molecule has 1 aromatic carbocycles. The van der Waals surface area contributed by atoms with Gasteiger partial charge in [-0.1, -0.05) is 29.1 Å². The van der Waals surface area contributed by atoms with E-state index < -0.39 is 0 Å². The van der Waals surface area contributed by atoms with E-state index in [4.69, 9.17) is 27.9 Å². The number of ether oxygens (including phenoxy) is 1. The highest BCUT2D eigenvalue weighted by molar-refractivity contribution is 6.33. The molecule has 0 unspecified atom stereocenters. The van der Waals surface area contributed by atoms with E-state index in [-0.39, 0.29) is 10.6 Å². The van der Waals surface area contributed by atoms with E-state index in [1.54, 1.807) is 35.8 Å². The molecule has 0 amide bonds. The summed E-state index contributed by atoms with van der Waals surface area (Å²) in [7, 11) is 0. The average molecular weight is 336 g/mol. The number of nitrogens with zero attached hydrogens (tertiary/aromatic N) is 1. The van der Waals surface area contributed by atoms with Crippen LogP contribution in [0.1, 0.15) is 13.8 Å². The Labute approximate surface area is 139 Å². The van der Waals surface area contributed by atoms with Crippen LogP contribution in [0.15, 0.2) is 35.1 Å². The Bertz CT molecular complexity index is 801. The first-order valence-electron chi connectivity index (χ1n) is 6.80. The Hall–Kier alpha value is -1.89. The Balaban J connectivity index is 2.43. The van der Waals surface area contributed by atoms with E-state index in [1.807, 2.05) is 13.0 Å². The van der Waals surface area contributed by atoms with E-state index >= 15 is 0 Å². The molecule has 2 aromatic rings. The van der Waals surface area contributed by atoms with Crippen LogP contribution in [0.4, 0.5) is 0 Å². The van der Waals surface area contributed by atoms with Crippen molar-refractivity contribution in [3.63, 3.8) is 0 Å². The van der Waals surface area contributed by atoms with Gasteiger partial charge in [-0.15, -0.1) is 5.92 Å². The molecule has 5 heteroatoms. The molecule has 1 aromatic heterocycles. The fraction of sp³-hybridized carbons (Fsp3) is 0.235. The van der Waals surface area contributed by atoms with E-state index in [1.165, 1.54) is 0 Å². The molecule has 0 saturated heterocycles. The first kappa shape index (κ1) is 16.5. The Morgan fingerprint density at radius 2 is 1.95 bits per heavy atom. The van der Waals surface area contributed by atoms with Gasteiger partial charge in [0, 0.05) is 12.1 Å². The lowest BCUT2D eigenvalue weighted by atomic mass is 10.1. The van der Waals surface area contributed by atoms with Gasteiger partial charge in [0.1, 0.15) is 17.4 Å². The lowest BCUT2D eigenvalue weighted by Gasteiger charge is -2.13. The van der Waals surface area contributed by atoms with E-state index in [0.717, 1.165) is 11.3 Å². The zero-order chi connectivity index (χ0) is 16.1. The monoisotopic (exact) mass is 335 g/mol. The third kappa shape index (κ3) is 3.47. The molecule has 0 aliphatic carbocycles. The minimum atomic E-state index is -0.226. The van der Waals surface area contributed by atoms with Crippen LogP contribution < -0.4 is 10.3 Å². The molecule has 0 aliphatic heterocycles. The molecule has 0 radical (unpaired) electrons. The number of benzene rings is 1. The summed E-state index contributed by atoms with van der Waals surface area (Å²) < 4.78 is 7.06. The predicted molar refractivity (Wildman–Crippen MR) is 90.8 cm³/mol. The molecular formula is C17H15Cl2NO2. The summed E-state index contributed by atoms with van der Waals surface area (Å²) in [5, 5.41) is 0.700. The van der Waals surface area contributed by atoms with E-state index in [2.05, 4.69) is 11.8 Å². The molecule has 114 valence electrons. The molecule has 22 heavy (non-hydrogen) atoms. The van der Waals surface area contributed by atoms with Gasteiger partial charge in [0.05, 0.1) is 10.7 Å². The van der Waals surface area contributed by atoms with Crippen LogP contribution in [0.3, 0.4) is 0 Å². The summed E-state index contributed by atoms with van der Waals surface area (Å²) in [5.74, 6) is 6.21. The molecule has 0 bridgehead atoms. The van der Waals surface area contributed by atoms with Crippen molar-refractivity contribution in [3.8, 4) is 28.8 Å². The molecule has 3 nitrogen and oxygen atoms in total. The van der Waals surface area contributed by atoms with Crippen LogP contribution in [0.2, 0.25) is 10.0 Å². The van der Waals surface area contributed by atoms with E-state index in [0.29, 0.717) is 23.9 Å². The molecule has 0 aliphatic rings. The summed E-state index contributed by atoms with van der Waals surface area (Å²) in [6.07, 6.45) is 0. The van der Waals surface area contributed by atoms with Gasteiger partial charge in [-0.3, -0.25) is 4.79 Å². The van der Waals surface area contributed by atoms with Crippen LogP contribution in [0, 0.1) is 11.8 Å². The number of halogens is 2. The molecule has 0 spiro atoms. The maximum Gasteiger partial charge on any atom is 0.269 e. The minimum absolute atomic E-state index is 0.194. The normalized spacial score (nSPS) is 10.0. The van der Waals surface area contributed by atoms with Gasteiger partial charge in [-0.25, -0.2) is 0 Å².